The van der Waals surface area contributed by atoms with Crippen molar-refractivity contribution in [2.45, 2.75) is 32.6 Å². The molecule has 0 radical (unpaired) electrons. The van der Waals surface area contributed by atoms with E-state index in [0.717, 1.165) is 32.2 Å². The Labute approximate surface area is 96.6 Å². The highest BCUT2D eigenvalue weighted by Gasteiger charge is 1.99. The van der Waals surface area contributed by atoms with Gasteiger partial charge in [0.15, 0.2) is 0 Å². The van der Waals surface area contributed by atoms with Crippen molar-refractivity contribution in [1.82, 2.24) is 0 Å². The first-order chi connectivity index (χ1) is 7.74. The fourth-order valence-electron chi connectivity index (χ4n) is 1.45. The van der Waals surface area contributed by atoms with Gasteiger partial charge in [0, 0.05) is 6.07 Å². The van der Waals surface area contributed by atoms with Crippen LogP contribution in [-0.2, 0) is 0 Å². The average molecular weight is 225 g/mol. The lowest BCUT2D eigenvalue weighted by atomic mass is 10.2. The van der Waals surface area contributed by atoms with E-state index >= 15 is 0 Å². The van der Waals surface area contributed by atoms with E-state index in [-0.39, 0.29) is 5.82 Å². The van der Waals surface area contributed by atoms with Gasteiger partial charge >= 0.3 is 0 Å². The Kier molecular flexibility index (Phi) is 5.86. The van der Waals surface area contributed by atoms with Gasteiger partial charge in [-0.25, -0.2) is 4.39 Å². The Hall–Kier alpha value is -1.09. The fraction of sp³-hybridized carbons (Fsp3) is 0.538. The molecule has 0 saturated heterocycles. The normalized spacial score (nSPS) is 10.4. The Balaban J connectivity index is 2.19. The molecule has 90 valence electrons. The first-order valence-corrected chi connectivity index (χ1v) is 5.83. The molecule has 0 aliphatic carbocycles. The second-order valence-electron chi connectivity index (χ2n) is 3.96. The maximum atomic E-state index is 13.2. The van der Waals surface area contributed by atoms with Crippen molar-refractivity contribution >= 4 is 0 Å². The Morgan fingerprint density at radius 3 is 2.62 bits per heavy atom. The van der Waals surface area contributed by atoms with Gasteiger partial charge in [-0.2, -0.15) is 0 Å². The summed E-state index contributed by atoms with van der Waals surface area (Å²) < 4.78 is 18.6. The number of rotatable bonds is 7. The van der Waals surface area contributed by atoms with E-state index in [0.29, 0.717) is 17.9 Å². The SMILES string of the molecule is Cc1ccc(OCCCCCCN)cc1F. The van der Waals surface area contributed by atoms with Crippen LogP contribution in [0.5, 0.6) is 5.75 Å². The van der Waals surface area contributed by atoms with Crippen LogP contribution in [0.3, 0.4) is 0 Å². The standard InChI is InChI=1S/C13H20FNO/c1-11-6-7-12(10-13(11)14)16-9-5-3-2-4-8-15/h6-7,10H,2-5,8-9,15H2,1H3. The first kappa shape index (κ1) is 13.0. The van der Waals surface area contributed by atoms with Gasteiger partial charge in [0.1, 0.15) is 11.6 Å². The Bertz CT molecular complexity index is 315. The van der Waals surface area contributed by atoms with E-state index in [4.69, 9.17) is 10.5 Å². The highest BCUT2D eigenvalue weighted by molar-refractivity contribution is 5.27. The van der Waals surface area contributed by atoms with E-state index in [1.165, 1.54) is 6.07 Å². The zero-order valence-corrected chi connectivity index (χ0v) is 9.84. The molecule has 16 heavy (non-hydrogen) atoms. The van der Waals surface area contributed by atoms with E-state index in [1.54, 1.807) is 19.1 Å². The van der Waals surface area contributed by atoms with Gasteiger partial charge in [-0.05, 0) is 37.9 Å². The van der Waals surface area contributed by atoms with E-state index in [9.17, 15) is 4.39 Å². The monoisotopic (exact) mass is 225 g/mol. The molecule has 1 aromatic carbocycles. The van der Waals surface area contributed by atoms with Crippen LogP contribution < -0.4 is 10.5 Å². The lowest BCUT2D eigenvalue weighted by molar-refractivity contribution is 0.303. The second-order valence-corrected chi connectivity index (χ2v) is 3.96. The smallest absolute Gasteiger partial charge is 0.129 e. The number of halogens is 1. The van der Waals surface area contributed by atoms with Crippen molar-refractivity contribution in [2.75, 3.05) is 13.2 Å². The van der Waals surface area contributed by atoms with Crippen LogP contribution in [0.15, 0.2) is 18.2 Å². The topological polar surface area (TPSA) is 35.2 Å². The van der Waals surface area contributed by atoms with Gasteiger partial charge in [0.05, 0.1) is 6.61 Å². The van der Waals surface area contributed by atoms with E-state index in [1.807, 2.05) is 0 Å². The summed E-state index contributed by atoms with van der Waals surface area (Å²) in [5.41, 5.74) is 6.04. The Morgan fingerprint density at radius 2 is 1.94 bits per heavy atom. The third-order valence-corrected chi connectivity index (χ3v) is 2.51. The summed E-state index contributed by atoms with van der Waals surface area (Å²) in [5.74, 6) is 0.405. The molecule has 0 amide bonds. The fourth-order valence-corrected chi connectivity index (χ4v) is 1.45. The van der Waals surface area contributed by atoms with Crippen molar-refractivity contribution in [2.24, 2.45) is 5.73 Å². The minimum atomic E-state index is -0.208. The van der Waals surface area contributed by atoms with Crippen LogP contribution in [0.1, 0.15) is 31.2 Å². The minimum Gasteiger partial charge on any atom is -0.493 e. The number of unbranched alkanes of at least 4 members (excludes halogenated alkanes) is 3. The quantitative estimate of drug-likeness (QED) is 0.724. The molecule has 0 unspecified atom stereocenters. The average Bonchev–Trinajstić information content (AvgIpc) is 2.28. The van der Waals surface area contributed by atoms with Gasteiger partial charge in [-0.1, -0.05) is 18.9 Å². The van der Waals surface area contributed by atoms with Crippen molar-refractivity contribution in [3.05, 3.63) is 29.6 Å². The zero-order chi connectivity index (χ0) is 11.8. The number of hydrogen-bond acceptors (Lipinski definition) is 2. The van der Waals surface area contributed by atoms with Gasteiger partial charge in [-0.3, -0.25) is 0 Å². The summed E-state index contributed by atoms with van der Waals surface area (Å²) in [4.78, 5) is 0. The maximum absolute atomic E-state index is 13.2. The lowest BCUT2D eigenvalue weighted by Gasteiger charge is -2.06. The van der Waals surface area contributed by atoms with Gasteiger partial charge < -0.3 is 10.5 Å². The Morgan fingerprint density at radius 1 is 1.19 bits per heavy atom. The molecule has 0 aliphatic rings. The molecule has 0 fully saturated rings. The van der Waals surface area contributed by atoms with E-state index in [2.05, 4.69) is 0 Å². The summed E-state index contributed by atoms with van der Waals surface area (Å²) in [6.45, 7) is 3.14. The van der Waals surface area contributed by atoms with Gasteiger partial charge in [0.25, 0.3) is 0 Å². The summed E-state index contributed by atoms with van der Waals surface area (Å²) in [6, 6.07) is 4.98. The molecule has 0 heterocycles. The third kappa shape index (κ3) is 4.62. The molecule has 0 aromatic heterocycles. The number of hydrogen-bond donors (Lipinski definition) is 1. The van der Waals surface area contributed by atoms with Crippen LogP contribution in [0.2, 0.25) is 0 Å². The molecule has 0 bridgehead atoms. The summed E-state index contributed by atoms with van der Waals surface area (Å²) in [7, 11) is 0. The molecule has 0 aliphatic heterocycles. The molecule has 3 heteroatoms. The molecule has 2 nitrogen and oxygen atoms in total. The summed E-state index contributed by atoms with van der Waals surface area (Å²) in [5, 5.41) is 0. The van der Waals surface area contributed by atoms with Crippen LogP contribution in [0, 0.1) is 12.7 Å². The second kappa shape index (κ2) is 7.23. The van der Waals surface area contributed by atoms with Gasteiger partial charge in [-0.15, -0.1) is 0 Å². The number of benzene rings is 1. The van der Waals surface area contributed by atoms with Crippen molar-refractivity contribution < 1.29 is 9.13 Å². The largest absolute Gasteiger partial charge is 0.493 e. The van der Waals surface area contributed by atoms with Crippen LogP contribution in [0.25, 0.3) is 0 Å². The summed E-state index contributed by atoms with van der Waals surface area (Å²) in [6.07, 6.45) is 4.32. The summed E-state index contributed by atoms with van der Waals surface area (Å²) >= 11 is 0. The maximum Gasteiger partial charge on any atom is 0.129 e. The highest BCUT2D eigenvalue weighted by Crippen LogP contribution is 2.16. The molecule has 0 atom stereocenters. The third-order valence-electron chi connectivity index (χ3n) is 2.51. The molecule has 2 N–H and O–H groups in total. The highest BCUT2D eigenvalue weighted by atomic mass is 19.1. The molecule has 1 aromatic rings. The predicted molar refractivity (Wildman–Crippen MR) is 64.2 cm³/mol. The van der Waals surface area contributed by atoms with Crippen LogP contribution in [-0.4, -0.2) is 13.2 Å². The number of aryl methyl sites for hydroxylation is 1. The van der Waals surface area contributed by atoms with Crippen molar-refractivity contribution in [3.8, 4) is 5.75 Å². The first-order valence-electron chi connectivity index (χ1n) is 5.83. The van der Waals surface area contributed by atoms with Crippen LogP contribution >= 0.6 is 0 Å². The van der Waals surface area contributed by atoms with Crippen molar-refractivity contribution in [3.63, 3.8) is 0 Å². The number of ether oxygens (including phenoxy) is 1. The van der Waals surface area contributed by atoms with E-state index < -0.39 is 0 Å². The lowest BCUT2D eigenvalue weighted by Crippen LogP contribution is -2.00. The van der Waals surface area contributed by atoms with Crippen molar-refractivity contribution in [1.29, 1.82) is 0 Å². The molecule has 0 spiro atoms. The minimum absolute atomic E-state index is 0.208. The molecular formula is C13H20FNO. The molecule has 1 rings (SSSR count). The van der Waals surface area contributed by atoms with Gasteiger partial charge in [0.2, 0.25) is 0 Å². The zero-order valence-electron chi connectivity index (χ0n) is 9.84. The molecular weight excluding hydrogens is 205 g/mol. The number of nitrogens with two attached hydrogens (primary N) is 1. The van der Waals surface area contributed by atoms with Crippen LogP contribution in [0.4, 0.5) is 4.39 Å². The molecule has 0 saturated carbocycles. The predicted octanol–water partition coefficient (Wildman–Crippen LogP) is 3.03.